The van der Waals surface area contributed by atoms with Crippen molar-refractivity contribution in [2.24, 2.45) is 5.92 Å². The average molecular weight is 434 g/mol. The number of halogens is 3. The molecule has 2 aromatic rings. The Bertz CT molecular complexity index is 946. The van der Waals surface area contributed by atoms with Crippen LogP contribution in [0.25, 0.3) is 0 Å². The molecule has 1 unspecified atom stereocenters. The van der Waals surface area contributed by atoms with Gasteiger partial charge in [0.25, 0.3) is 5.92 Å². The topological polar surface area (TPSA) is 50.8 Å². The number of benzene rings is 2. The molecule has 2 aromatic carbocycles. The molecular weight excluding hydrogens is 409 g/mol. The summed E-state index contributed by atoms with van der Waals surface area (Å²) in [5.74, 6) is -2.98. The first kappa shape index (κ1) is 21.3. The molecule has 1 amide bonds. The third-order valence-corrected chi connectivity index (χ3v) is 5.62. The van der Waals surface area contributed by atoms with Gasteiger partial charge in [-0.25, -0.2) is 13.2 Å². The lowest BCUT2D eigenvalue weighted by Gasteiger charge is -2.40. The lowest BCUT2D eigenvalue weighted by Crippen LogP contribution is -2.54. The maximum atomic E-state index is 14.4. The van der Waals surface area contributed by atoms with Crippen molar-refractivity contribution in [2.75, 3.05) is 24.6 Å². The fourth-order valence-corrected chi connectivity index (χ4v) is 3.61. The Labute approximate surface area is 179 Å². The smallest absolute Gasteiger partial charge is 0.255 e. The standard InChI is InChI=1S/C23H25F3N2O3/c1-14(27-15(2)29)16-3-5-18(6-4-16)31-20-11-28(12-20)22-8-7-19(9-21(22)24)30-13-17-10-23(17,25)26/h3-9,14,17,20H,10-13H2,1-2H3,(H,27,29)/t14-,17?/m0/s1. The van der Waals surface area contributed by atoms with Crippen LogP contribution in [0.5, 0.6) is 11.5 Å². The molecule has 5 nitrogen and oxygen atoms in total. The van der Waals surface area contributed by atoms with Gasteiger partial charge in [-0.15, -0.1) is 0 Å². The third-order valence-electron chi connectivity index (χ3n) is 5.62. The van der Waals surface area contributed by atoms with E-state index in [0.717, 1.165) is 5.56 Å². The maximum Gasteiger partial charge on any atom is 0.255 e. The van der Waals surface area contributed by atoms with E-state index in [9.17, 15) is 18.0 Å². The average Bonchev–Trinajstić information content (AvgIpc) is 3.30. The number of amides is 1. The summed E-state index contributed by atoms with van der Waals surface area (Å²) in [4.78, 5) is 13.0. The van der Waals surface area contributed by atoms with Crippen LogP contribution >= 0.6 is 0 Å². The van der Waals surface area contributed by atoms with Crippen LogP contribution in [0.1, 0.15) is 31.9 Å². The molecule has 1 aliphatic heterocycles. The van der Waals surface area contributed by atoms with Gasteiger partial charge in [-0.05, 0) is 36.8 Å². The number of carbonyl (C=O) groups excluding carboxylic acids is 1. The van der Waals surface area contributed by atoms with Crippen molar-refractivity contribution in [1.29, 1.82) is 0 Å². The second-order valence-electron chi connectivity index (χ2n) is 8.22. The van der Waals surface area contributed by atoms with Crippen molar-refractivity contribution in [1.82, 2.24) is 5.32 Å². The van der Waals surface area contributed by atoms with Crippen LogP contribution in [-0.2, 0) is 4.79 Å². The fraction of sp³-hybridized carbons (Fsp3) is 0.435. The van der Waals surface area contributed by atoms with E-state index in [0.29, 0.717) is 24.5 Å². The Balaban J connectivity index is 1.25. The summed E-state index contributed by atoms with van der Waals surface area (Å²) < 4.78 is 51.5. The van der Waals surface area contributed by atoms with Gasteiger partial charge in [0.2, 0.25) is 5.91 Å². The number of alkyl halides is 2. The van der Waals surface area contributed by atoms with E-state index in [-0.39, 0.29) is 36.8 Å². The quantitative estimate of drug-likeness (QED) is 0.672. The molecule has 2 atom stereocenters. The fourth-order valence-electron chi connectivity index (χ4n) is 3.61. The number of anilines is 1. The van der Waals surface area contributed by atoms with E-state index in [2.05, 4.69) is 5.32 Å². The van der Waals surface area contributed by atoms with E-state index in [1.807, 2.05) is 36.1 Å². The van der Waals surface area contributed by atoms with Crippen molar-refractivity contribution < 1.29 is 27.4 Å². The number of rotatable bonds is 8. The van der Waals surface area contributed by atoms with E-state index in [1.54, 1.807) is 12.1 Å². The highest BCUT2D eigenvalue weighted by molar-refractivity contribution is 5.73. The number of carbonyl (C=O) groups is 1. The van der Waals surface area contributed by atoms with Crippen molar-refractivity contribution in [3.8, 4) is 11.5 Å². The van der Waals surface area contributed by atoms with E-state index in [1.165, 1.54) is 13.0 Å². The molecule has 1 saturated carbocycles. The molecule has 0 bridgehead atoms. The lowest BCUT2D eigenvalue weighted by atomic mass is 10.1. The summed E-state index contributed by atoms with van der Waals surface area (Å²) in [7, 11) is 0. The highest BCUT2D eigenvalue weighted by atomic mass is 19.3. The lowest BCUT2D eigenvalue weighted by molar-refractivity contribution is -0.119. The van der Waals surface area contributed by atoms with Crippen LogP contribution in [0.3, 0.4) is 0 Å². The van der Waals surface area contributed by atoms with Gasteiger partial charge < -0.3 is 19.7 Å². The molecular formula is C23H25F3N2O3. The second kappa shape index (κ2) is 8.32. The molecule has 1 heterocycles. The minimum Gasteiger partial charge on any atom is -0.493 e. The van der Waals surface area contributed by atoms with Crippen LogP contribution in [-0.4, -0.2) is 37.6 Å². The molecule has 4 rings (SSSR count). The molecule has 0 spiro atoms. The molecule has 1 saturated heterocycles. The van der Waals surface area contributed by atoms with E-state index >= 15 is 0 Å². The number of nitrogens with one attached hydrogen (secondary N) is 1. The maximum absolute atomic E-state index is 14.4. The van der Waals surface area contributed by atoms with Gasteiger partial charge in [-0.2, -0.15) is 0 Å². The first-order chi connectivity index (χ1) is 14.7. The Hall–Kier alpha value is -2.90. The minimum absolute atomic E-state index is 0.0638. The number of nitrogens with zero attached hydrogens (tertiary/aromatic N) is 1. The Morgan fingerprint density at radius 3 is 2.42 bits per heavy atom. The summed E-state index contributed by atoms with van der Waals surface area (Å²) in [6, 6.07) is 11.9. The zero-order chi connectivity index (χ0) is 22.2. The van der Waals surface area contributed by atoms with Gasteiger partial charge in [0.1, 0.15) is 23.4 Å². The van der Waals surface area contributed by atoms with Crippen molar-refractivity contribution in [2.45, 2.75) is 38.3 Å². The third kappa shape index (κ3) is 5.06. The van der Waals surface area contributed by atoms with Crippen molar-refractivity contribution in [3.63, 3.8) is 0 Å². The number of hydrogen-bond donors (Lipinski definition) is 1. The summed E-state index contributed by atoms with van der Waals surface area (Å²) in [5, 5.41) is 2.83. The highest BCUT2D eigenvalue weighted by Crippen LogP contribution is 2.48. The molecule has 8 heteroatoms. The predicted octanol–water partition coefficient (Wildman–Crippen LogP) is 4.32. The summed E-state index contributed by atoms with van der Waals surface area (Å²) in [6.07, 6.45) is -0.231. The minimum atomic E-state index is -2.64. The zero-order valence-corrected chi connectivity index (χ0v) is 17.4. The predicted molar refractivity (Wildman–Crippen MR) is 110 cm³/mol. The second-order valence-corrected chi connectivity index (χ2v) is 8.22. The highest BCUT2D eigenvalue weighted by Gasteiger charge is 2.57. The Morgan fingerprint density at radius 1 is 1.19 bits per heavy atom. The molecule has 2 fully saturated rings. The molecule has 1 aliphatic carbocycles. The van der Waals surface area contributed by atoms with Crippen LogP contribution in [0.4, 0.5) is 18.9 Å². The summed E-state index contributed by atoms with van der Waals surface area (Å²) in [5.41, 5.74) is 1.41. The first-order valence-corrected chi connectivity index (χ1v) is 10.3. The molecule has 0 radical (unpaired) electrons. The monoisotopic (exact) mass is 434 g/mol. The van der Waals surface area contributed by atoms with Gasteiger partial charge in [0.05, 0.1) is 37.3 Å². The van der Waals surface area contributed by atoms with Crippen LogP contribution in [0, 0.1) is 11.7 Å². The normalized spacial score (nSPS) is 20.5. The first-order valence-electron chi connectivity index (χ1n) is 10.3. The molecule has 0 aromatic heterocycles. The summed E-state index contributed by atoms with van der Waals surface area (Å²) >= 11 is 0. The molecule has 1 N–H and O–H groups in total. The zero-order valence-electron chi connectivity index (χ0n) is 17.4. The molecule has 166 valence electrons. The van der Waals surface area contributed by atoms with Gasteiger partial charge in [0, 0.05) is 19.4 Å². The van der Waals surface area contributed by atoms with Crippen LogP contribution in [0.2, 0.25) is 0 Å². The van der Waals surface area contributed by atoms with Gasteiger partial charge in [0.15, 0.2) is 0 Å². The van der Waals surface area contributed by atoms with Gasteiger partial charge >= 0.3 is 0 Å². The largest absolute Gasteiger partial charge is 0.493 e. The van der Waals surface area contributed by atoms with Crippen molar-refractivity contribution in [3.05, 3.63) is 53.8 Å². The molecule has 2 aliphatic rings. The Morgan fingerprint density at radius 2 is 1.84 bits per heavy atom. The van der Waals surface area contributed by atoms with Gasteiger partial charge in [-0.3, -0.25) is 4.79 Å². The van der Waals surface area contributed by atoms with E-state index < -0.39 is 17.7 Å². The van der Waals surface area contributed by atoms with E-state index in [4.69, 9.17) is 9.47 Å². The van der Waals surface area contributed by atoms with Crippen LogP contribution in [0.15, 0.2) is 42.5 Å². The van der Waals surface area contributed by atoms with Crippen LogP contribution < -0.4 is 19.7 Å². The van der Waals surface area contributed by atoms with Gasteiger partial charge in [-0.1, -0.05) is 12.1 Å². The molecule has 31 heavy (non-hydrogen) atoms. The Kier molecular flexibility index (Phi) is 5.73. The SMILES string of the molecule is CC(=O)N[C@@H](C)c1ccc(OC2CN(c3ccc(OCC4CC4(F)F)cc3F)C2)cc1. The van der Waals surface area contributed by atoms with Crippen molar-refractivity contribution >= 4 is 11.6 Å². The number of ether oxygens (including phenoxy) is 2. The number of hydrogen-bond acceptors (Lipinski definition) is 4. The summed E-state index contributed by atoms with van der Waals surface area (Å²) in [6.45, 7) is 4.36.